The molecule has 0 aliphatic heterocycles. The lowest BCUT2D eigenvalue weighted by Crippen LogP contribution is -2.22. The second-order valence-electron chi connectivity index (χ2n) is 4.75. The van der Waals surface area contributed by atoms with Crippen LogP contribution in [0, 0.1) is 0 Å². The van der Waals surface area contributed by atoms with Crippen LogP contribution in [0.3, 0.4) is 0 Å². The van der Waals surface area contributed by atoms with Gasteiger partial charge < -0.3 is 4.74 Å². The van der Waals surface area contributed by atoms with Gasteiger partial charge in [-0.15, -0.1) is 0 Å². The third kappa shape index (κ3) is 5.56. The number of hydrogen-bond donors (Lipinski definition) is 0. The van der Waals surface area contributed by atoms with Crippen LogP contribution in [-0.2, 0) is 16.1 Å². The molecule has 1 aromatic rings. The second-order valence-corrected chi connectivity index (χ2v) is 4.75. The normalized spacial score (nSPS) is 12.3. The maximum Gasteiger partial charge on any atom is 0.331 e. The largest absolute Gasteiger partial charge is 0.457 e. The summed E-state index contributed by atoms with van der Waals surface area (Å²) < 4.78 is 30.3. The molecule has 0 aliphatic rings. The minimum absolute atomic E-state index is 0.458. The van der Waals surface area contributed by atoms with E-state index in [0.29, 0.717) is 5.56 Å². The summed E-state index contributed by atoms with van der Waals surface area (Å²) in [6, 6.07) is 0. The van der Waals surface area contributed by atoms with Gasteiger partial charge in [0.2, 0.25) is 0 Å². The van der Waals surface area contributed by atoms with Gasteiger partial charge >= 0.3 is 5.97 Å². The Labute approximate surface area is 104 Å². The van der Waals surface area contributed by atoms with Crippen LogP contribution in [0.5, 0.6) is 0 Å². The average molecular weight is 258 g/mol. The summed E-state index contributed by atoms with van der Waals surface area (Å²) in [5, 5.41) is 3.74. The van der Waals surface area contributed by atoms with Gasteiger partial charge in [0.05, 0.1) is 6.20 Å². The fourth-order valence-electron chi connectivity index (χ4n) is 1.21. The molecular formula is C12H16F2N2O2. The van der Waals surface area contributed by atoms with E-state index in [-0.39, 0.29) is 0 Å². The van der Waals surface area contributed by atoms with Gasteiger partial charge in [0.15, 0.2) is 0 Å². The van der Waals surface area contributed by atoms with Crippen LogP contribution in [0.25, 0.3) is 6.08 Å². The molecule has 0 aliphatic carbocycles. The molecule has 0 fully saturated rings. The lowest BCUT2D eigenvalue weighted by molar-refractivity contribution is -0.148. The number of alkyl halides is 2. The highest BCUT2D eigenvalue weighted by Crippen LogP contribution is 2.09. The highest BCUT2D eigenvalue weighted by atomic mass is 19.3. The van der Waals surface area contributed by atoms with Gasteiger partial charge in [-0.1, -0.05) is 0 Å². The molecule has 0 unspecified atom stereocenters. The first-order valence-electron chi connectivity index (χ1n) is 5.48. The van der Waals surface area contributed by atoms with Gasteiger partial charge in [0.1, 0.15) is 12.1 Å². The van der Waals surface area contributed by atoms with Crippen LogP contribution in [0.2, 0.25) is 0 Å². The maximum atomic E-state index is 12.1. The Morgan fingerprint density at radius 3 is 2.78 bits per heavy atom. The van der Waals surface area contributed by atoms with Gasteiger partial charge in [-0.3, -0.25) is 4.68 Å². The third-order valence-electron chi connectivity index (χ3n) is 1.80. The van der Waals surface area contributed by atoms with E-state index in [0.717, 1.165) is 4.68 Å². The van der Waals surface area contributed by atoms with Crippen molar-refractivity contribution < 1.29 is 18.3 Å². The highest BCUT2D eigenvalue weighted by Gasteiger charge is 2.13. The monoisotopic (exact) mass is 258 g/mol. The van der Waals surface area contributed by atoms with Crippen molar-refractivity contribution in [3.05, 3.63) is 24.0 Å². The zero-order valence-electron chi connectivity index (χ0n) is 10.6. The summed E-state index contributed by atoms with van der Waals surface area (Å²) >= 11 is 0. The summed E-state index contributed by atoms with van der Waals surface area (Å²) in [6.07, 6.45) is 3.11. The van der Waals surface area contributed by atoms with Crippen LogP contribution < -0.4 is 0 Å². The van der Waals surface area contributed by atoms with Gasteiger partial charge in [0, 0.05) is 17.8 Å². The maximum absolute atomic E-state index is 12.1. The van der Waals surface area contributed by atoms with E-state index in [1.807, 2.05) is 0 Å². The Bertz CT molecular complexity index is 434. The van der Waals surface area contributed by atoms with Crippen molar-refractivity contribution >= 4 is 12.0 Å². The van der Waals surface area contributed by atoms with Crippen molar-refractivity contribution in [2.45, 2.75) is 39.3 Å². The molecule has 1 aromatic heterocycles. The summed E-state index contributed by atoms with van der Waals surface area (Å²) in [7, 11) is 0. The number of carbonyl (C=O) groups is 1. The number of halogens is 2. The topological polar surface area (TPSA) is 44.1 Å². The third-order valence-corrected chi connectivity index (χ3v) is 1.80. The Morgan fingerprint density at radius 2 is 2.22 bits per heavy atom. The van der Waals surface area contributed by atoms with Gasteiger partial charge in [-0.05, 0) is 26.8 Å². The number of carbonyl (C=O) groups excluding carboxylic acids is 1. The number of nitrogens with zero attached hydrogens (tertiary/aromatic N) is 2. The van der Waals surface area contributed by atoms with E-state index < -0.39 is 24.5 Å². The van der Waals surface area contributed by atoms with Gasteiger partial charge in [-0.25, -0.2) is 13.6 Å². The number of hydrogen-bond acceptors (Lipinski definition) is 3. The van der Waals surface area contributed by atoms with E-state index in [9.17, 15) is 13.6 Å². The molecule has 0 amide bonds. The fourth-order valence-corrected chi connectivity index (χ4v) is 1.21. The highest BCUT2D eigenvalue weighted by molar-refractivity contribution is 5.87. The number of esters is 1. The predicted octanol–water partition coefficient (Wildman–Crippen LogP) is 2.50. The van der Waals surface area contributed by atoms with Crippen LogP contribution in [-0.4, -0.2) is 27.8 Å². The number of rotatable bonds is 4. The molecule has 100 valence electrons. The van der Waals surface area contributed by atoms with Crippen molar-refractivity contribution in [3.8, 4) is 0 Å². The van der Waals surface area contributed by atoms with E-state index in [1.165, 1.54) is 24.5 Å². The predicted molar refractivity (Wildman–Crippen MR) is 63.1 cm³/mol. The standard InChI is InChI=1S/C12H16F2N2O2/c1-12(2,3)18-11(17)5-4-9-6-15-16(7-9)8-10(13)14/h4-7,10H,8H2,1-3H3/b5-4+. The summed E-state index contributed by atoms with van der Waals surface area (Å²) in [5.74, 6) is -0.482. The first-order valence-corrected chi connectivity index (χ1v) is 5.48. The SMILES string of the molecule is CC(C)(C)OC(=O)/C=C/c1cnn(CC(F)F)c1. The smallest absolute Gasteiger partial charge is 0.331 e. The average Bonchev–Trinajstić information content (AvgIpc) is 2.59. The molecule has 6 heteroatoms. The first-order chi connectivity index (χ1) is 8.26. The second kappa shape index (κ2) is 5.75. The zero-order valence-corrected chi connectivity index (χ0v) is 10.6. The van der Waals surface area contributed by atoms with E-state index in [4.69, 9.17) is 4.74 Å². The van der Waals surface area contributed by atoms with Crippen molar-refractivity contribution in [3.63, 3.8) is 0 Å². The van der Waals surface area contributed by atoms with Gasteiger partial charge in [0.25, 0.3) is 6.43 Å². The van der Waals surface area contributed by atoms with E-state index >= 15 is 0 Å². The summed E-state index contributed by atoms with van der Waals surface area (Å²) in [4.78, 5) is 11.4. The minimum atomic E-state index is -2.45. The summed E-state index contributed by atoms with van der Waals surface area (Å²) in [5.41, 5.74) is 0.0166. The molecule has 0 spiro atoms. The Hall–Kier alpha value is -1.72. The Morgan fingerprint density at radius 1 is 1.56 bits per heavy atom. The molecular weight excluding hydrogens is 242 g/mol. The molecule has 0 N–H and O–H groups in total. The van der Waals surface area contributed by atoms with Crippen LogP contribution >= 0.6 is 0 Å². The molecule has 1 rings (SSSR count). The lowest BCUT2D eigenvalue weighted by atomic mass is 10.2. The molecule has 0 radical (unpaired) electrons. The summed E-state index contributed by atoms with van der Waals surface area (Å²) in [6.45, 7) is 4.83. The lowest BCUT2D eigenvalue weighted by Gasteiger charge is -2.17. The van der Waals surface area contributed by atoms with Crippen molar-refractivity contribution in [2.75, 3.05) is 0 Å². The molecule has 1 heterocycles. The number of ether oxygens (including phenoxy) is 1. The molecule has 18 heavy (non-hydrogen) atoms. The molecule has 0 aromatic carbocycles. The molecule has 0 atom stereocenters. The van der Waals surface area contributed by atoms with E-state index in [2.05, 4.69) is 5.10 Å². The van der Waals surface area contributed by atoms with Crippen LogP contribution in [0.15, 0.2) is 18.5 Å². The molecule has 0 bridgehead atoms. The molecule has 4 nitrogen and oxygen atoms in total. The quantitative estimate of drug-likeness (QED) is 0.615. The molecule has 0 saturated heterocycles. The fraction of sp³-hybridized carbons (Fsp3) is 0.500. The van der Waals surface area contributed by atoms with Crippen molar-refractivity contribution in [2.24, 2.45) is 0 Å². The molecule has 0 saturated carbocycles. The van der Waals surface area contributed by atoms with E-state index in [1.54, 1.807) is 20.8 Å². The van der Waals surface area contributed by atoms with Crippen molar-refractivity contribution in [1.29, 1.82) is 0 Å². The first kappa shape index (κ1) is 14.3. The van der Waals surface area contributed by atoms with Crippen LogP contribution in [0.1, 0.15) is 26.3 Å². The zero-order chi connectivity index (χ0) is 13.8. The van der Waals surface area contributed by atoms with Crippen LogP contribution in [0.4, 0.5) is 8.78 Å². The minimum Gasteiger partial charge on any atom is -0.457 e. The Balaban J connectivity index is 2.56. The number of aromatic nitrogens is 2. The van der Waals surface area contributed by atoms with Gasteiger partial charge in [-0.2, -0.15) is 5.10 Å². The Kier molecular flexibility index (Phi) is 4.58. The van der Waals surface area contributed by atoms with Crippen molar-refractivity contribution in [1.82, 2.24) is 9.78 Å².